The number of nitrogens with one attached hydrogen (secondary N) is 1. The van der Waals surface area contributed by atoms with Crippen molar-refractivity contribution in [1.29, 1.82) is 0 Å². The van der Waals surface area contributed by atoms with E-state index in [0.717, 1.165) is 23.8 Å². The van der Waals surface area contributed by atoms with Crippen molar-refractivity contribution in [2.75, 3.05) is 7.11 Å². The molecule has 3 aromatic rings. The molecule has 11 nitrogen and oxygen atoms in total. The molecule has 0 aliphatic carbocycles. The number of ether oxygens (including phenoxy) is 2. The number of amides is 1. The van der Waals surface area contributed by atoms with E-state index in [1.807, 2.05) is 18.2 Å². The van der Waals surface area contributed by atoms with Crippen molar-refractivity contribution in [2.24, 2.45) is 5.10 Å². The number of hydrogen-bond donors (Lipinski definition) is 1. The van der Waals surface area contributed by atoms with Gasteiger partial charge in [0.25, 0.3) is 17.3 Å². The van der Waals surface area contributed by atoms with Crippen molar-refractivity contribution < 1.29 is 24.1 Å². The zero-order chi connectivity index (χ0) is 25.5. The second-order valence-electron chi connectivity index (χ2n) is 6.87. The summed E-state index contributed by atoms with van der Waals surface area (Å²) >= 11 is 9.58. The molecule has 0 unspecified atom stereocenters. The van der Waals surface area contributed by atoms with Crippen molar-refractivity contribution in [2.45, 2.75) is 6.61 Å². The van der Waals surface area contributed by atoms with E-state index in [1.165, 1.54) is 13.3 Å². The van der Waals surface area contributed by atoms with Gasteiger partial charge in [-0.15, -0.1) is 0 Å². The number of halogens is 2. The topological polar surface area (TPSA) is 146 Å². The fourth-order valence-electron chi connectivity index (χ4n) is 2.89. The molecule has 0 saturated heterocycles. The number of hydrazone groups is 1. The van der Waals surface area contributed by atoms with Gasteiger partial charge in [0.05, 0.1) is 39.3 Å². The fraction of sp³-hybridized carbons (Fsp3) is 0.0909. The van der Waals surface area contributed by atoms with E-state index < -0.39 is 27.1 Å². The van der Waals surface area contributed by atoms with Crippen molar-refractivity contribution in [3.63, 3.8) is 0 Å². The van der Waals surface area contributed by atoms with Gasteiger partial charge in [-0.25, -0.2) is 5.43 Å². The third kappa shape index (κ3) is 6.52. The second-order valence-corrected chi connectivity index (χ2v) is 8.13. The van der Waals surface area contributed by atoms with Gasteiger partial charge in [-0.1, -0.05) is 29.8 Å². The number of carbonyl (C=O) groups excluding carboxylic acids is 1. The van der Waals surface area contributed by atoms with Crippen LogP contribution in [0.15, 0.2) is 64.2 Å². The van der Waals surface area contributed by atoms with Gasteiger partial charge in [0.2, 0.25) is 0 Å². The third-order valence-electron chi connectivity index (χ3n) is 4.55. The minimum absolute atomic E-state index is 0.202. The Morgan fingerprint density at radius 1 is 1.11 bits per heavy atom. The number of rotatable bonds is 9. The first-order valence-electron chi connectivity index (χ1n) is 9.70. The second kappa shape index (κ2) is 11.4. The molecule has 0 fully saturated rings. The number of nitro benzene ring substituents is 2. The van der Waals surface area contributed by atoms with Crippen LogP contribution in [0.1, 0.15) is 21.5 Å². The maximum absolute atomic E-state index is 12.3. The Balaban J connectivity index is 1.75. The van der Waals surface area contributed by atoms with Crippen molar-refractivity contribution in [3.05, 3.63) is 101 Å². The monoisotopic (exact) mass is 562 g/mol. The Hall–Kier alpha value is -4.03. The van der Waals surface area contributed by atoms with Gasteiger partial charge in [-0.05, 0) is 39.7 Å². The highest BCUT2D eigenvalue weighted by Gasteiger charge is 2.20. The minimum atomic E-state index is -0.862. The maximum atomic E-state index is 12.3. The summed E-state index contributed by atoms with van der Waals surface area (Å²) in [6.45, 7) is 0.202. The summed E-state index contributed by atoms with van der Waals surface area (Å²) in [6.07, 6.45) is 1.30. The summed E-state index contributed by atoms with van der Waals surface area (Å²) in [7, 11) is 1.46. The normalized spacial score (nSPS) is 10.7. The van der Waals surface area contributed by atoms with E-state index in [-0.39, 0.29) is 12.2 Å². The number of hydrogen-bond acceptors (Lipinski definition) is 8. The third-order valence-corrected chi connectivity index (χ3v) is 5.51. The Morgan fingerprint density at radius 2 is 1.77 bits per heavy atom. The van der Waals surface area contributed by atoms with E-state index in [1.54, 1.807) is 18.2 Å². The highest BCUT2D eigenvalue weighted by atomic mass is 79.9. The van der Waals surface area contributed by atoms with Gasteiger partial charge in [0.1, 0.15) is 6.61 Å². The summed E-state index contributed by atoms with van der Waals surface area (Å²) in [5, 5.41) is 26.4. The molecule has 0 aliphatic rings. The van der Waals surface area contributed by atoms with Crippen LogP contribution in [0.2, 0.25) is 5.02 Å². The molecule has 0 atom stereocenters. The molecule has 0 radical (unpaired) electrons. The van der Waals surface area contributed by atoms with Crippen LogP contribution in [-0.2, 0) is 6.61 Å². The quantitative estimate of drug-likeness (QED) is 0.212. The summed E-state index contributed by atoms with van der Waals surface area (Å²) in [5.41, 5.74) is 2.03. The Morgan fingerprint density at radius 3 is 2.37 bits per heavy atom. The van der Waals surface area contributed by atoms with Gasteiger partial charge in [-0.2, -0.15) is 5.10 Å². The lowest BCUT2D eigenvalue weighted by Crippen LogP contribution is -2.18. The fourth-order valence-corrected chi connectivity index (χ4v) is 3.65. The summed E-state index contributed by atoms with van der Waals surface area (Å²) < 4.78 is 11.8. The molecule has 0 aliphatic heterocycles. The summed E-state index contributed by atoms with van der Waals surface area (Å²) in [4.78, 5) is 32.7. The van der Waals surface area contributed by atoms with E-state index in [4.69, 9.17) is 21.1 Å². The van der Waals surface area contributed by atoms with Gasteiger partial charge in [0, 0.05) is 22.7 Å². The van der Waals surface area contributed by atoms with Crippen LogP contribution in [0, 0.1) is 20.2 Å². The first-order chi connectivity index (χ1) is 16.7. The van der Waals surface area contributed by atoms with E-state index in [2.05, 4.69) is 26.5 Å². The van der Waals surface area contributed by atoms with E-state index in [0.29, 0.717) is 26.6 Å². The molecule has 1 amide bonds. The number of methoxy groups -OCH3 is 1. The van der Waals surface area contributed by atoms with Crippen LogP contribution in [0.3, 0.4) is 0 Å². The highest BCUT2D eigenvalue weighted by molar-refractivity contribution is 9.10. The molecule has 0 bridgehead atoms. The van der Waals surface area contributed by atoms with Crippen molar-refractivity contribution in [1.82, 2.24) is 5.43 Å². The van der Waals surface area contributed by atoms with Crippen LogP contribution in [0.25, 0.3) is 0 Å². The average molecular weight is 564 g/mol. The van der Waals surface area contributed by atoms with E-state index in [9.17, 15) is 25.0 Å². The van der Waals surface area contributed by atoms with Crippen molar-refractivity contribution >= 4 is 51.0 Å². The summed E-state index contributed by atoms with van der Waals surface area (Å²) in [5.74, 6) is -0.0511. The van der Waals surface area contributed by atoms with Crippen LogP contribution < -0.4 is 14.9 Å². The molecule has 3 rings (SSSR count). The molecule has 0 spiro atoms. The predicted molar refractivity (Wildman–Crippen MR) is 131 cm³/mol. The first kappa shape index (κ1) is 25.6. The SMILES string of the molecule is COc1cc(/C=N\NC(=O)c2cc([N+](=O)[O-])cc([N+](=O)[O-])c2)cc(Br)c1OCc1ccccc1Cl. The zero-order valence-corrected chi connectivity index (χ0v) is 20.3. The minimum Gasteiger partial charge on any atom is -0.493 e. The molecule has 13 heteroatoms. The Kier molecular flexibility index (Phi) is 8.34. The smallest absolute Gasteiger partial charge is 0.277 e. The van der Waals surface area contributed by atoms with Gasteiger partial charge in [-0.3, -0.25) is 25.0 Å². The van der Waals surface area contributed by atoms with Gasteiger partial charge >= 0.3 is 0 Å². The maximum Gasteiger partial charge on any atom is 0.277 e. The number of benzene rings is 3. The van der Waals surface area contributed by atoms with Crippen LogP contribution in [-0.4, -0.2) is 29.1 Å². The van der Waals surface area contributed by atoms with Crippen molar-refractivity contribution in [3.8, 4) is 11.5 Å². The number of carbonyl (C=O) groups is 1. The molecule has 0 heterocycles. The zero-order valence-electron chi connectivity index (χ0n) is 17.9. The largest absolute Gasteiger partial charge is 0.493 e. The predicted octanol–water partition coefficient (Wildman–Crippen LogP) is 5.27. The summed E-state index contributed by atoms with van der Waals surface area (Å²) in [6, 6.07) is 13.1. The van der Waals surface area contributed by atoms with Crippen LogP contribution in [0.4, 0.5) is 11.4 Å². The molecular formula is C22H16BrClN4O7. The number of non-ortho nitro benzene ring substituents is 2. The highest BCUT2D eigenvalue weighted by Crippen LogP contribution is 2.37. The molecule has 180 valence electrons. The lowest BCUT2D eigenvalue weighted by Gasteiger charge is -2.14. The Bertz CT molecular complexity index is 1300. The average Bonchev–Trinajstić information content (AvgIpc) is 2.83. The van der Waals surface area contributed by atoms with Gasteiger partial charge < -0.3 is 9.47 Å². The number of nitro groups is 2. The lowest BCUT2D eigenvalue weighted by atomic mass is 10.1. The number of nitrogens with zero attached hydrogens (tertiary/aromatic N) is 3. The van der Waals surface area contributed by atoms with Crippen LogP contribution >= 0.6 is 27.5 Å². The molecule has 35 heavy (non-hydrogen) atoms. The lowest BCUT2D eigenvalue weighted by molar-refractivity contribution is -0.394. The first-order valence-corrected chi connectivity index (χ1v) is 10.9. The Labute approximate surface area is 211 Å². The molecule has 0 aromatic heterocycles. The molecule has 1 N–H and O–H groups in total. The standard InChI is InChI=1S/C22H16BrClN4O7/c1-34-20-7-13(6-18(23)21(20)35-12-14-4-2-3-5-19(14)24)11-25-26-22(29)15-8-16(27(30)31)10-17(9-15)28(32)33/h2-11H,12H2,1H3,(H,26,29)/b25-11-. The van der Waals surface area contributed by atoms with Crippen LogP contribution in [0.5, 0.6) is 11.5 Å². The molecule has 0 saturated carbocycles. The molecular weight excluding hydrogens is 548 g/mol. The van der Waals surface area contributed by atoms with E-state index >= 15 is 0 Å². The van der Waals surface area contributed by atoms with Gasteiger partial charge in [0.15, 0.2) is 11.5 Å². The molecule has 3 aromatic carbocycles.